The average molecular weight is 283 g/mol. The first-order chi connectivity index (χ1) is 10.2. The van der Waals surface area contributed by atoms with Gasteiger partial charge in [-0.25, -0.2) is 4.39 Å². The molecule has 0 heterocycles. The van der Waals surface area contributed by atoms with Crippen LogP contribution in [0.1, 0.15) is 22.3 Å². The standard InChI is InChI=1S/C17H14FNO2/c18-16-12-14(10-9-13(16)6-4-5-11-20)17(21)19-15-7-2-1-3-8-15/h1-3,7-10,12,20H,5,11H2,(H,19,21). The third-order valence-electron chi connectivity index (χ3n) is 2.72. The second-order valence-corrected chi connectivity index (χ2v) is 4.29. The summed E-state index contributed by atoms with van der Waals surface area (Å²) < 4.78 is 13.8. The number of amides is 1. The molecule has 1 amide bonds. The van der Waals surface area contributed by atoms with Crippen molar-refractivity contribution in [3.05, 3.63) is 65.5 Å². The first-order valence-corrected chi connectivity index (χ1v) is 6.46. The van der Waals surface area contributed by atoms with Gasteiger partial charge in [-0.1, -0.05) is 30.0 Å². The molecule has 0 unspecified atom stereocenters. The Morgan fingerprint density at radius 2 is 1.95 bits per heavy atom. The second kappa shape index (κ2) is 7.22. The van der Waals surface area contributed by atoms with E-state index in [9.17, 15) is 9.18 Å². The van der Waals surface area contributed by atoms with Gasteiger partial charge in [0, 0.05) is 17.7 Å². The van der Waals surface area contributed by atoms with Crippen LogP contribution in [0.15, 0.2) is 48.5 Å². The molecule has 0 saturated carbocycles. The topological polar surface area (TPSA) is 49.3 Å². The Morgan fingerprint density at radius 3 is 2.62 bits per heavy atom. The summed E-state index contributed by atoms with van der Waals surface area (Å²) in [5, 5.41) is 11.3. The molecule has 2 aromatic carbocycles. The fourth-order valence-electron chi connectivity index (χ4n) is 1.70. The van der Waals surface area contributed by atoms with Crippen LogP contribution in [0.3, 0.4) is 0 Å². The summed E-state index contributed by atoms with van der Waals surface area (Å²) in [6.45, 7) is -0.0633. The highest BCUT2D eigenvalue weighted by molar-refractivity contribution is 6.04. The molecule has 2 rings (SSSR count). The zero-order valence-corrected chi connectivity index (χ0v) is 11.3. The van der Waals surface area contributed by atoms with E-state index in [-0.39, 0.29) is 30.1 Å². The van der Waals surface area contributed by atoms with Crippen LogP contribution in [0.2, 0.25) is 0 Å². The molecule has 2 aromatic rings. The van der Waals surface area contributed by atoms with Gasteiger partial charge in [0.05, 0.1) is 12.2 Å². The zero-order chi connectivity index (χ0) is 15.1. The third kappa shape index (κ3) is 4.16. The molecule has 21 heavy (non-hydrogen) atoms. The lowest BCUT2D eigenvalue weighted by molar-refractivity contribution is 0.102. The van der Waals surface area contributed by atoms with E-state index in [1.54, 1.807) is 24.3 Å². The summed E-state index contributed by atoms with van der Waals surface area (Å²) in [5.74, 6) is 4.32. The minimum Gasteiger partial charge on any atom is -0.395 e. The monoisotopic (exact) mass is 283 g/mol. The van der Waals surface area contributed by atoms with E-state index in [1.807, 2.05) is 6.07 Å². The number of hydrogen-bond acceptors (Lipinski definition) is 2. The highest BCUT2D eigenvalue weighted by Crippen LogP contribution is 2.12. The molecule has 0 saturated heterocycles. The lowest BCUT2D eigenvalue weighted by Gasteiger charge is -2.05. The van der Waals surface area contributed by atoms with Gasteiger partial charge in [0.1, 0.15) is 5.82 Å². The molecule has 0 fully saturated rings. The number of aliphatic hydroxyl groups is 1. The largest absolute Gasteiger partial charge is 0.395 e. The summed E-state index contributed by atoms with van der Waals surface area (Å²) in [7, 11) is 0. The number of anilines is 1. The van der Waals surface area contributed by atoms with Gasteiger partial charge in [-0.15, -0.1) is 0 Å². The quantitative estimate of drug-likeness (QED) is 0.851. The van der Waals surface area contributed by atoms with E-state index >= 15 is 0 Å². The maximum Gasteiger partial charge on any atom is 0.255 e. The maximum absolute atomic E-state index is 13.8. The number of carbonyl (C=O) groups is 1. The molecule has 0 radical (unpaired) electrons. The summed E-state index contributed by atoms with van der Waals surface area (Å²) in [5.41, 5.74) is 1.08. The maximum atomic E-state index is 13.8. The van der Waals surface area contributed by atoms with Crippen LogP contribution in [-0.2, 0) is 0 Å². The van der Waals surface area contributed by atoms with Crippen molar-refractivity contribution < 1.29 is 14.3 Å². The Bertz CT molecular complexity index is 687. The van der Waals surface area contributed by atoms with Gasteiger partial charge in [-0.2, -0.15) is 0 Å². The predicted octanol–water partition coefficient (Wildman–Crippen LogP) is 2.81. The highest BCUT2D eigenvalue weighted by Gasteiger charge is 2.09. The van der Waals surface area contributed by atoms with Gasteiger partial charge >= 0.3 is 0 Å². The van der Waals surface area contributed by atoms with Crippen molar-refractivity contribution in [3.8, 4) is 11.8 Å². The van der Waals surface area contributed by atoms with Gasteiger partial charge < -0.3 is 10.4 Å². The minimum atomic E-state index is -0.554. The Kier molecular flexibility index (Phi) is 5.08. The molecular weight excluding hydrogens is 269 g/mol. The minimum absolute atomic E-state index is 0.0633. The van der Waals surface area contributed by atoms with E-state index < -0.39 is 5.82 Å². The Hall–Kier alpha value is -2.64. The van der Waals surface area contributed by atoms with Gasteiger partial charge in [-0.3, -0.25) is 4.79 Å². The molecule has 0 aliphatic rings. The number of halogens is 1. The number of hydrogen-bond donors (Lipinski definition) is 2. The lowest BCUT2D eigenvalue weighted by atomic mass is 10.1. The summed E-state index contributed by atoms with van der Waals surface area (Å²) in [4.78, 5) is 12.0. The Morgan fingerprint density at radius 1 is 1.19 bits per heavy atom. The van der Waals surface area contributed by atoms with Crippen LogP contribution in [-0.4, -0.2) is 17.6 Å². The molecule has 0 atom stereocenters. The van der Waals surface area contributed by atoms with Crippen molar-refractivity contribution in [1.82, 2.24) is 0 Å². The first-order valence-electron chi connectivity index (χ1n) is 6.46. The van der Waals surface area contributed by atoms with Crippen LogP contribution in [0, 0.1) is 17.7 Å². The number of para-hydroxylation sites is 1. The van der Waals surface area contributed by atoms with E-state index in [0.29, 0.717) is 5.69 Å². The van der Waals surface area contributed by atoms with Gasteiger partial charge in [0.15, 0.2) is 0 Å². The Balaban J connectivity index is 2.13. The van der Waals surface area contributed by atoms with Crippen molar-refractivity contribution in [2.24, 2.45) is 0 Å². The summed E-state index contributed by atoms with van der Waals surface area (Å²) >= 11 is 0. The molecule has 106 valence electrons. The third-order valence-corrected chi connectivity index (χ3v) is 2.72. The normalized spacial score (nSPS) is 9.62. The fraction of sp³-hybridized carbons (Fsp3) is 0.118. The molecule has 0 aromatic heterocycles. The number of aliphatic hydroxyl groups excluding tert-OH is 1. The number of benzene rings is 2. The Labute approximate surface area is 122 Å². The van der Waals surface area contributed by atoms with Crippen LogP contribution in [0.25, 0.3) is 0 Å². The van der Waals surface area contributed by atoms with Crippen molar-refractivity contribution in [2.75, 3.05) is 11.9 Å². The van der Waals surface area contributed by atoms with Gasteiger partial charge in [-0.05, 0) is 30.3 Å². The molecule has 3 nitrogen and oxygen atoms in total. The number of carbonyl (C=O) groups excluding carboxylic acids is 1. The van der Waals surface area contributed by atoms with Gasteiger partial charge in [0.2, 0.25) is 0 Å². The van der Waals surface area contributed by atoms with Gasteiger partial charge in [0.25, 0.3) is 5.91 Å². The van der Waals surface area contributed by atoms with Crippen LogP contribution in [0.4, 0.5) is 10.1 Å². The van der Waals surface area contributed by atoms with Crippen molar-refractivity contribution >= 4 is 11.6 Å². The zero-order valence-electron chi connectivity index (χ0n) is 11.3. The van der Waals surface area contributed by atoms with Crippen LogP contribution in [0.5, 0.6) is 0 Å². The van der Waals surface area contributed by atoms with E-state index in [0.717, 1.165) is 6.07 Å². The fourth-order valence-corrected chi connectivity index (χ4v) is 1.70. The average Bonchev–Trinajstić information content (AvgIpc) is 2.50. The number of rotatable bonds is 3. The van der Waals surface area contributed by atoms with Crippen molar-refractivity contribution in [2.45, 2.75) is 6.42 Å². The smallest absolute Gasteiger partial charge is 0.255 e. The van der Waals surface area contributed by atoms with Crippen LogP contribution >= 0.6 is 0 Å². The molecule has 0 aliphatic heterocycles. The van der Waals surface area contributed by atoms with E-state index in [1.165, 1.54) is 12.1 Å². The van der Waals surface area contributed by atoms with Crippen LogP contribution < -0.4 is 5.32 Å². The number of nitrogens with one attached hydrogen (secondary N) is 1. The van der Waals surface area contributed by atoms with Crippen molar-refractivity contribution in [3.63, 3.8) is 0 Å². The van der Waals surface area contributed by atoms with Crippen molar-refractivity contribution in [1.29, 1.82) is 0 Å². The molecular formula is C17H14FNO2. The lowest BCUT2D eigenvalue weighted by Crippen LogP contribution is -2.12. The summed E-state index contributed by atoms with van der Waals surface area (Å²) in [6, 6.07) is 13.1. The molecule has 0 spiro atoms. The SMILES string of the molecule is O=C(Nc1ccccc1)c1ccc(C#CCCO)c(F)c1. The molecule has 0 aliphatic carbocycles. The predicted molar refractivity (Wildman–Crippen MR) is 79.4 cm³/mol. The van der Waals surface area contributed by atoms with E-state index in [2.05, 4.69) is 17.2 Å². The van der Waals surface area contributed by atoms with E-state index in [4.69, 9.17) is 5.11 Å². The first kappa shape index (κ1) is 14.8. The molecule has 4 heteroatoms. The molecule has 0 bridgehead atoms. The second-order valence-electron chi connectivity index (χ2n) is 4.29. The summed E-state index contributed by atoms with van der Waals surface area (Å²) in [6.07, 6.45) is 0.287. The molecule has 2 N–H and O–H groups in total. The highest BCUT2D eigenvalue weighted by atomic mass is 19.1.